The third kappa shape index (κ3) is 5.50. The van der Waals surface area contributed by atoms with Crippen LogP contribution < -0.4 is 4.74 Å². The van der Waals surface area contributed by atoms with Gasteiger partial charge in [0.1, 0.15) is 5.56 Å². The van der Waals surface area contributed by atoms with E-state index in [0.717, 1.165) is 58.3 Å². The van der Waals surface area contributed by atoms with Crippen LogP contribution in [0.25, 0.3) is 0 Å². The fourth-order valence-corrected chi connectivity index (χ4v) is 5.32. The molecular weight excluding hydrogens is 398 g/mol. The molecule has 1 aliphatic carbocycles. The highest BCUT2D eigenvalue weighted by atomic mass is 16.5. The van der Waals surface area contributed by atoms with Crippen LogP contribution in [0, 0.1) is 12.8 Å². The smallest absolute Gasteiger partial charge is 0.259 e. The number of pyridine rings is 1. The van der Waals surface area contributed by atoms with Crippen molar-refractivity contribution < 1.29 is 9.53 Å². The van der Waals surface area contributed by atoms with Crippen molar-refractivity contribution in [1.29, 1.82) is 0 Å². The predicted octanol–water partition coefficient (Wildman–Crippen LogP) is 4.74. The number of carbonyl (C=O) groups excluding carboxylic acids is 1. The van der Waals surface area contributed by atoms with Gasteiger partial charge in [-0.2, -0.15) is 0 Å². The molecule has 0 radical (unpaired) electrons. The number of carbonyl (C=O) groups is 1. The average molecular weight is 436 g/mol. The highest BCUT2D eigenvalue weighted by Gasteiger charge is 2.32. The zero-order valence-electron chi connectivity index (χ0n) is 19.6. The predicted molar refractivity (Wildman–Crippen MR) is 128 cm³/mol. The number of methoxy groups -OCH3 is 1. The van der Waals surface area contributed by atoms with Gasteiger partial charge in [-0.3, -0.25) is 4.79 Å². The lowest BCUT2D eigenvalue weighted by Gasteiger charge is -2.37. The van der Waals surface area contributed by atoms with Crippen molar-refractivity contribution in [2.75, 3.05) is 33.3 Å². The first-order valence-corrected chi connectivity index (χ1v) is 12.2. The fourth-order valence-electron chi connectivity index (χ4n) is 5.32. The maximum absolute atomic E-state index is 13.5. The quantitative estimate of drug-likeness (QED) is 0.601. The van der Waals surface area contributed by atoms with E-state index in [0.29, 0.717) is 23.4 Å². The van der Waals surface area contributed by atoms with Crippen LogP contribution in [-0.4, -0.2) is 60.0 Å². The van der Waals surface area contributed by atoms with Crippen molar-refractivity contribution in [2.45, 2.75) is 57.9 Å². The molecule has 2 aromatic rings. The first-order chi connectivity index (χ1) is 15.7. The molecule has 1 amide bonds. The summed E-state index contributed by atoms with van der Waals surface area (Å²) in [5, 5.41) is 0. The van der Waals surface area contributed by atoms with E-state index in [1.807, 2.05) is 12.1 Å². The molecule has 32 heavy (non-hydrogen) atoms. The molecule has 4 rings (SSSR count). The zero-order chi connectivity index (χ0) is 22.3. The molecule has 0 bridgehead atoms. The van der Waals surface area contributed by atoms with E-state index in [4.69, 9.17) is 4.74 Å². The summed E-state index contributed by atoms with van der Waals surface area (Å²) in [5.41, 5.74) is 3.44. The lowest BCUT2D eigenvalue weighted by atomic mass is 9.94. The largest absolute Gasteiger partial charge is 0.480 e. The molecule has 1 saturated carbocycles. The van der Waals surface area contributed by atoms with Gasteiger partial charge in [-0.05, 0) is 81.3 Å². The van der Waals surface area contributed by atoms with Crippen molar-refractivity contribution in [1.82, 2.24) is 14.8 Å². The summed E-state index contributed by atoms with van der Waals surface area (Å²) in [6.07, 6.45) is 9.79. The number of ether oxygens (including phenoxy) is 1. The summed E-state index contributed by atoms with van der Waals surface area (Å²) in [7, 11) is 1.59. The minimum absolute atomic E-state index is 0.0869. The second-order valence-electron chi connectivity index (χ2n) is 9.42. The standard InChI is InChI=1S/C27H37N3O2/c1-21-8-3-4-9-23(21)15-19-29-17-13-22(14-18-29)20-30(24-10-5-6-11-24)27(31)25-12-7-16-28-26(25)32-2/h3-4,7-9,12,16,22,24H,5-6,10-11,13-15,17-20H2,1-2H3. The maximum atomic E-state index is 13.5. The highest BCUT2D eigenvalue weighted by molar-refractivity contribution is 5.96. The zero-order valence-corrected chi connectivity index (χ0v) is 19.6. The summed E-state index contributed by atoms with van der Waals surface area (Å²) < 4.78 is 5.39. The Morgan fingerprint density at radius 2 is 1.84 bits per heavy atom. The molecule has 5 nitrogen and oxygen atoms in total. The van der Waals surface area contributed by atoms with E-state index in [-0.39, 0.29) is 5.91 Å². The van der Waals surface area contributed by atoms with Crippen molar-refractivity contribution in [3.05, 3.63) is 59.3 Å². The van der Waals surface area contributed by atoms with Crippen LogP contribution in [0.1, 0.15) is 60.0 Å². The molecule has 5 heteroatoms. The summed E-state index contributed by atoms with van der Waals surface area (Å²) in [4.78, 5) is 22.5. The fraction of sp³-hybridized carbons (Fsp3) is 0.556. The molecule has 172 valence electrons. The molecule has 0 atom stereocenters. The first-order valence-electron chi connectivity index (χ1n) is 12.2. The van der Waals surface area contributed by atoms with Gasteiger partial charge >= 0.3 is 0 Å². The maximum Gasteiger partial charge on any atom is 0.259 e. The number of nitrogens with zero attached hydrogens (tertiary/aromatic N) is 3. The number of rotatable bonds is 8. The number of amides is 1. The molecule has 2 heterocycles. The molecule has 0 spiro atoms. The number of benzene rings is 1. The number of piperidine rings is 1. The Balaban J connectivity index is 1.35. The van der Waals surface area contributed by atoms with Crippen LogP contribution in [0.3, 0.4) is 0 Å². The summed E-state index contributed by atoms with van der Waals surface area (Å²) >= 11 is 0. The van der Waals surface area contributed by atoms with Crippen LogP contribution in [0.2, 0.25) is 0 Å². The third-order valence-electron chi connectivity index (χ3n) is 7.34. The van der Waals surface area contributed by atoms with E-state index in [2.05, 4.69) is 46.0 Å². The first kappa shape index (κ1) is 22.8. The topological polar surface area (TPSA) is 45.7 Å². The van der Waals surface area contributed by atoms with Crippen LogP contribution >= 0.6 is 0 Å². The summed E-state index contributed by atoms with van der Waals surface area (Å²) in [5.74, 6) is 1.09. The van der Waals surface area contributed by atoms with Crippen LogP contribution in [0.5, 0.6) is 5.88 Å². The van der Waals surface area contributed by atoms with E-state index in [1.165, 1.54) is 24.0 Å². The minimum Gasteiger partial charge on any atom is -0.480 e. The Hall–Kier alpha value is -2.40. The number of hydrogen-bond donors (Lipinski definition) is 0. The third-order valence-corrected chi connectivity index (χ3v) is 7.34. The van der Waals surface area contributed by atoms with Gasteiger partial charge in [-0.1, -0.05) is 37.1 Å². The Labute approximate surface area is 192 Å². The molecule has 1 aromatic heterocycles. The van der Waals surface area contributed by atoms with Gasteiger partial charge in [0.15, 0.2) is 0 Å². The molecular formula is C27H37N3O2. The lowest BCUT2D eigenvalue weighted by Crippen LogP contribution is -2.45. The van der Waals surface area contributed by atoms with Gasteiger partial charge in [-0.15, -0.1) is 0 Å². The van der Waals surface area contributed by atoms with Crippen LogP contribution in [-0.2, 0) is 6.42 Å². The molecule has 2 fully saturated rings. The molecule has 1 aromatic carbocycles. The van der Waals surface area contributed by atoms with Gasteiger partial charge in [0, 0.05) is 25.3 Å². The molecule has 0 unspecified atom stereocenters. The van der Waals surface area contributed by atoms with E-state index < -0.39 is 0 Å². The van der Waals surface area contributed by atoms with E-state index in [1.54, 1.807) is 13.3 Å². The Morgan fingerprint density at radius 1 is 1.09 bits per heavy atom. The number of aromatic nitrogens is 1. The van der Waals surface area contributed by atoms with Gasteiger partial charge in [-0.25, -0.2) is 4.98 Å². The van der Waals surface area contributed by atoms with Gasteiger partial charge in [0.25, 0.3) is 5.91 Å². The lowest BCUT2D eigenvalue weighted by molar-refractivity contribution is 0.0594. The number of likely N-dealkylation sites (tertiary alicyclic amines) is 1. The average Bonchev–Trinajstić information content (AvgIpc) is 3.37. The normalized spacial score (nSPS) is 18.1. The summed E-state index contributed by atoms with van der Waals surface area (Å²) in [6.45, 7) is 6.43. The van der Waals surface area contributed by atoms with Crippen molar-refractivity contribution in [2.24, 2.45) is 5.92 Å². The number of aryl methyl sites for hydroxylation is 1. The number of hydrogen-bond acceptors (Lipinski definition) is 4. The second-order valence-corrected chi connectivity index (χ2v) is 9.42. The van der Waals surface area contributed by atoms with Gasteiger partial charge < -0.3 is 14.5 Å². The minimum atomic E-state index is 0.0869. The van der Waals surface area contributed by atoms with Gasteiger partial charge in [0.2, 0.25) is 5.88 Å². The van der Waals surface area contributed by atoms with Crippen molar-refractivity contribution >= 4 is 5.91 Å². The molecule has 1 aliphatic heterocycles. The molecule has 0 N–H and O–H groups in total. The molecule has 2 aliphatic rings. The van der Waals surface area contributed by atoms with Crippen molar-refractivity contribution in [3.63, 3.8) is 0 Å². The summed E-state index contributed by atoms with van der Waals surface area (Å²) in [6, 6.07) is 12.7. The molecule has 1 saturated heterocycles. The Bertz CT molecular complexity index is 886. The van der Waals surface area contributed by atoms with E-state index in [9.17, 15) is 4.79 Å². The van der Waals surface area contributed by atoms with Crippen LogP contribution in [0.15, 0.2) is 42.6 Å². The Kier molecular flexibility index (Phi) is 7.80. The monoisotopic (exact) mass is 435 g/mol. The van der Waals surface area contributed by atoms with Crippen LogP contribution in [0.4, 0.5) is 0 Å². The second kappa shape index (κ2) is 11.0. The SMILES string of the molecule is COc1ncccc1C(=O)N(CC1CCN(CCc2ccccc2C)CC1)C1CCCC1. The highest BCUT2D eigenvalue weighted by Crippen LogP contribution is 2.29. The van der Waals surface area contributed by atoms with Gasteiger partial charge in [0.05, 0.1) is 7.11 Å². The van der Waals surface area contributed by atoms with Crippen molar-refractivity contribution in [3.8, 4) is 5.88 Å². The van der Waals surface area contributed by atoms with E-state index >= 15 is 0 Å². The Morgan fingerprint density at radius 3 is 2.56 bits per heavy atom.